The Morgan fingerprint density at radius 1 is 1.06 bits per heavy atom. The molecule has 3 atom stereocenters. The number of fused-ring (bicyclic) bond motifs is 2. The first-order valence-corrected chi connectivity index (χ1v) is 13.7. The smallest absolute Gasteiger partial charge is 0.258 e. The summed E-state index contributed by atoms with van der Waals surface area (Å²) in [5, 5.41) is 2.94. The van der Waals surface area contributed by atoms with Gasteiger partial charge in [-0.25, -0.2) is 4.39 Å². The molecule has 1 aromatic carbocycles. The number of hydrogen-bond acceptors (Lipinski definition) is 3. The van der Waals surface area contributed by atoms with E-state index in [4.69, 9.17) is 0 Å². The van der Waals surface area contributed by atoms with E-state index in [1.807, 2.05) is 24.8 Å². The van der Waals surface area contributed by atoms with E-state index in [-0.39, 0.29) is 48.5 Å². The summed E-state index contributed by atoms with van der Waals surface area (Å²) in [5.41, 5.74) is 4.33. The zero-order valence-electron chi connectivity index (χ0n) is 21.4. The largest absolute Gasteiger partial charge is 0.342 e. The van der Waals surface area contributed by atoms with Crippen LogP contribution in [-0.2, 0) is 9.59 Å². The van der Waals surface area contributed by atoms with Crippen molar-refractivity contribution in [3.63, 3.8) is 0 Å². The van der Waals surface area contributed by atoms with Crippen LogP contribution in [0.25, 0.3) is 0 Å². The van der Waals surface area contributed by atoms with Gasteiger partial charge in [-0.15, -0.1) is 5.73 Å². The first-order valence-electron chi connectivity index (χ1n) is 13.7. The summed E-state index contributed by atoms with van der Waals surface area (Å²) < 4.78 is 15.8. The first-order chi connectivity index (χ1) is 17.3. The molecule has 0 spiro atoms. The van der Waals surface area contributed by atoms with Crippen LogP contribution in [0, 0.1) is 17.7 Å². The van der Waals surface area contributed by atoms with Crippen molar-refractivity contribution in [2.75, 3.05) is 0 Å². The maximum Gasteiger partial charge on any atom is 0.258 e. The van der Waals surface area contributed by atoms with E-state index in [9.17, 15) is 14.4 Å². The second-order valence-corrected chi connectivity index (χ2v) is 11.4. The number of nitrogens with one attached hydrogen (secondary N) is 1. The number of benzene rings is 1. The Kier molecular flexibility index (Phi) is 7.16. The highest BCUT2D eigenvalue weighted by atomic mass is 19.1. The average Bonchev–Trinajstić information content (AvgIpc) is 3.11. The summed E-state index contributed by atoms with van der Waals surface area (Å²) in [7, 11) is 0. The standard InChI is InChI=1S/C30H37FN2O3.H2/c1-18(2)28(34)27(19-8-4-3-5-9-19)32-29(35)25-13-7-12-24(26(25)31)21-16-22-14-15-23(17-21)33(22)30(36)20-10-6-11-20;/h6-7,12-13,18-19,21-23,27H,3-5,8-10,14-17H2,1-2H3,(H,32,35);1H/t21?,22?,23?,27-;/m1./s1. The third kappa shape index (κ3) is 4.68. The maximum atomic E-state index is 15.8. The summed E-state index contributed by atoms with van der Waals surface area (Å²) >= 11 is 0. The van der Waals surface area contributed by atoms with Gasteiger partial charge in [-0.3, -0.25) is 14.4 Å². The molecule has 5 rings (SSSR count). The Labute approximate surface area is 214 Å². The van der Waals surface area contributed by atoms with Crippen LogP contribution in [0.2, 0.25) is 0 Å². The van der Waals surface area contributed by atoms with Crippen LogP contribution in [0.5, 0.6) is 0 Å². The van der Waals surface area contributed by atoms with Crippen molar-refractivity contribution in [1.82, 2.24) is 10.2 Å². The molecule has 36 heavy (non-hydrogen) atoms. The summed E-state index contributed by atoms with van der Waals surface area (Å²) in [5.74, 6) is -0.986. The SMILES string of the molecule is CC(C)C(=O)[C@H](NC(=O)c1cccc(C2CC3CCC(C2)N3C(=O)C2=C=CC2)c1F)C1CCCCC1.[HH]. The lowest BCUT2D eigenvalue weighted by Gasteiger charge is -2.40. The molecule has 1 saturated carbocycles. The fraction of sp³-hybridized carbons (Fsp3) is 0.600. The average molecular weight is 495 g/mol. The van der Waals surface area contributed by atoms with Crippen molar-refractivity contribution in [1.29, 1.82) is 0 Å². The van der Waals surface area contributed by atoms with E-state index in [0.717, 1.165) is 50.5 Å². The van der Waals surface area contributed by atoms with E-state index < -0.39 is 17.8 Å². The molecule has 2 aliphatic carbocycles. The Morgan fingerprint density at radius 3 is 2.31 bits per heavy atom. The fourth-order valence-corrected chi connectivity index (χ4v) is 6.78. The van der Waals surface area contributed by atoms with Crippen LogP contribution >= 0.6 is 0 Å². The van der Waals surface area contributed by atoms with Gasteiger partial charge < -0.3 is 10.2 Å². The lowest BCUT2D eigenvalue weighted by atomic mass is 9.80. The first kappa shape index (κ1) is 25.0. The number of piperidine rings is 1. The molecule has 0 radical (unpaired) electrons. The number of Topliss-reactive ketones (excluding diaryl/α,β-unsaturated/α-hetero) is 1. The van der Waals surface area contributed by atoms with Crippen molar-refractivity contribution in [3.8, 4) is 0 Å². The summed E-state index contributed by atoms with van der Waals surface area (Å²) in [6.07, 6.45) is 11.0. The van der Waals surface area contributed by atoms with E-state index in [1.54, 1.807) is 12.1 Å². The third-order valence-electron chi connectivity index (χ3n) is 8.80. The molecule has 2 unspecified atom stereocenters. The Morgan fingerprint density at radius 2 is 1.72 bits per heavy atom. The van der Waals surface area contributed by atoms with Crippen LogP contribution < -0.4 is 5.32 Å². The van der Waals surface area contributed by atoms with Crippen LogP contribution in [0.1, 0.15) is 101 Å². The molecular weight excluding hydrogens is 455 g/mol. The highest BCUT2D eigenvalue weighted by Gasteiger charge is 2.45. The summed E-state index contributed by atoms with van der Waals surface area (Å²) in [6.45, 7) is 3.71. The Hall–Kier alpha value is -2.72. The van der Waals surface area contributed by atoms with Gasteiger partial charge in [0.15, 0.2) is 5.78 Å². The van der Waals surface area contributed by atoms with Gasteiger partial charge in [0.1, 0.15) is 5.82 Å². The number of hydrogen-bond donors (Lipinski definition) is 1. The van der Waals surface area contributed by atoms with Crippen molar-refractivity contribution in [2.24, 2.45) is 11.8 Å². The van der Waals surface area contributed by atoms with Crippen LogP contribution in [0.15, 0.2) is 35.6 Å². The molecule has 5 nitrogen and oxygen atoms in total. The van der Waals surface area contributed by atoms with Crippen molar-refractivity contribution in [3.05, 3.63) is 52.5 Å². The number of ketones is 1. The number of carbonyl (C=O) groups is 3. The number of nitrogens with zero attached hydrogens (tertiary/aromatic N) is 1. The molecule has 194 valence electrons. The van der Waals surface area contributed by atoms with E-state index >= 15 is 4.39 Å². The minimum Gasteiger partial charge on any atom is -0.342 e. The predicted molar refractivity (Wildman–Crippen MR) is 138 cm³/mol. The van der Waals surface area contributed by atoms with Gasteiger partial charge >= 0.3 is 0 Å². The number of amides is 2. The maximum absolute atomic E-state index is 15.8. The molecule has 2 heterocycles. The number of halogens is 1. The molecule has 6 heteroatoms. The quantitative estimate of drug-likeness (QED) is 0.495. The minimum absolute atomic E-state index is 0. The Bertz CT molecular complexity index is 1110. The van der Waals surface area contributed by atoms with Gasteiger partial charge in [-0.05, 0) is 68.1 Å². The van der Waals surface area contributed by atoms with Gasteiger partial charge in [0, 0.05) is 25.8 Å². The van der Waals surface area contributed by atoms with E-state index in [0.29, 0.717) is 24.8 Å². The van der Waals surface area contributed by atoms with Gasteiger partial charge in [0.2, 0.25) is 0 Å². The van der Waals surface area contributed by atoms with Gasteiger partial charge in [0.05, 0.1) is 17.2 Å². The highest BCUT2D eigenvalue weighted by Crippen LogP contribution is 2.44. The molecule has 2 aliphatic heterocycles. The third-order valence-corrected chi connectivity index (χ3v) is 8.80. The van der Waals surface area contributed by atoms with Crippen LogP contribution in [0.4, 0.5) is 4.39 Å². The van der Waals surface area contributed by atoms with E-state index in [2.05, 4.69) is 11.0 Å². The van der Waals surface area contributed by atoms with Crippen molar-refractivity contribution >= 4 is 17.6 Å². The van der Waals surface area contributed by atoms with E-state index in [1.165, 1.54) is 6.07 Å². The molecule has 0 aromatic heterocycles. The minimum atomic E-state index is -0.569. The lowest BCUT2D eigenvalue weighted by Crippen LogP contribution is -2.48. The molecule has 2 bridgehead atoms. The second kappa shape index (κ2) is 10.3. The lowest BCUT2D eigenvalue weighted by molar-refractivity contribution is -0.131. The predicted octanol–water partition coefficient (Wildman–Crippen LogP) is 5.70. The Balaban J connectivity index is 0.00000320. The molecule has 1 N–H and O–H groups in total. The molecule has 3 fully saturated rings. The van der Waals surface area contributed by atoms with Crippen molar-refractivity contribution < 1.29 is 20.2 Å². The van der Waals surface area contributed by atoms with Gasteiger partial charge in [-0.1, -0.05) is 45.2 Å². The molecular formula is C30H39FN2O3. The van der Waals surface area contributed by atoms with Gasteiger partial charge in [0.25, 0.3) is 11.8 Å². The molecule has 1 aromatic rings. The zero-order valence-corrected chi connectivity index (χ0v) is 21.4. The molecule has 4 aliphatic rings. The van der Waals surface area contributed by atoms with Crippen molar-refractivity contribution in [2.45, 2.75) is 102 Å². The molecule has 2 saturated heterocycles. The number of rotatable bonds is 7. The second-order valence-electron chi connectivity index (χ2n) is 11.4. The zero-order chi connectivity index (χ0) is 25.4. The fourth-order valence-electron chi connectivity index (χ4n) is 6.78. The number of carbonyl (C=O) groups excluding carboxylic acids is 3. The van der Waals surface area contributed by atoms with Crippen LogP contribution in [0.3, 0.4) is 0 Å². The summed E-state index contributed by atoms with van der Waals surface area (Å²) in [4.78, 5) is 41.2. The highest BCUT2D eigenvalue weighted by molar-refractivity contribution is 5.99. The normalized spacial score (nSPS) is 26.4. The van der Waals surface area contributed by atoms with Crippen LogP contribution in [-0.4, -0.2) is 40.6 Å². The topological polar surface area (TPSA) is 66.5 Å². The molecule has 2 amide bonds. The summed E-state index contributed by atoms with van der Waals surface area (Å²) in [6, 6.07) is 4.69. The van der Waals surface area contributed by atoms with Gasteiger partial charge in [-0.2, -0.15) is 0 Å². The monoisotopic (exact) mass is 494 g/mol.